The highest BCUT2D eigenvalue weighted by atomic mass is 19.1. The van der Waals surface area contributed by atoms with Crippen LogP contribution in [0.1, 0.15) is 18.4 Å². The van der Waals surface area contributed by atoms with Gasteiger partial charge in [-0.15, -0.1) is 0 Å². The number of rotatable bonds is 7. The summed E-state index contributed by atoms with van der Waals surface area (Å²) < 4.78 is 41.2. The first kappa shape index (κ1) is 19.5. The highest BCUT2D eigenvalue weighted by molar-refractivity contribution is 5.91. The number of hydrogen-bond donors (Lipinski definition) is 3. The van der Waals surface area contributed by atoms with Gasteiger partial charge in [0, 0.05) is 23.6 Å². The molecule has 1 aromatic heterocycles. The third kappa shape index (κ3) is 4.33. The Kier molecular flexibility index (Phi) is 5.67. The molecule has 0 radical (unpaired) electrons. The van der Waals surface area contributed by atoms with Gasteiger partial charge in [-0.1, -0.05) is 0 Å². The van der Waals surface area contributed by atoms with Crippen molar-refractivity contribution in [3.63, 3.8) is 0 Å². The van der Waals surface area contributed by atoms with Gasteiger partial charge in [-0.25, -0.2) is 13.2 Å². The Morgan fingerprint density at radius 3 is 2.43 bits per heavy atom. The molecule has 28 heavy (non-hydrogen) atoms. The van der Waals surface area contributed by atoms with Crippen LogP contribution in [0.5, 0.6) is 0 Å². The fraction of sp³-hybridized carbons (Fsp3) is 0.200. The summed E-state index contributed by atoms with van der Waals surface area (Å²) in [5.41, 5.74) is 6.91. The molecule has 3 aromatic rings. The van der Waals surface area contributed by atoms with Crippen molar-refractivity contribution in [1.29, 1.82) is 0 Å². The number of H-pyrrole nitrogens is 1. The van der Waals surface area contributed by atoms with E-state index in [0.717, 1.165) is 6.07 Å². The van der Waals surface area contributed by atoms with Crippen molar-refractivity contribution in [2.45, 2.75) is 19.3 Å². The Balaban J connectivity index is 1.90. The quantitative estimate of drug-likeness (QED) is 0.580. The second-order valence-corrected chi connectivity index (χ2v) is 6.39. The van der Waals surface area contributed by atoms with Crippen LogP contribution in [-0.2, 0) is 16.0 Å². The van der Waals surface area contributed by atoms with Crippen LogP contribution in [-0.4, -0.2) is 23.3 Å². The highest BCUT2D eigenvalue weighted by Crippen LogP contribution is 2.33. The molecular formula is C20H18F3N3O2. The van der Waals surface area contributed by atoms with E-state index in [9.17, 15) is 22.8 Å². The van der Waals surface area contributed by atoms with Gasteiger partial charge in [0.25, 0.3) is 0 Å². The molecule has 146 valence electrons. The summed E-state index contributed by atoms with van der Waals surface area (Å²) in [7, 11) is 0. The van der Waals surface area contributed by atoms with Crippen molar-refractivity contribution in [1.82, 2.24) is 10.3 Å². The van der Waals surface area contributed by atoms with E-state index in [2.05, 4.69) is 10.3 Å². The molecule has 0 atom stereocenters. The van der Waals surface area contributed by atoms with Gasteiger partial charge in [0.15, 0.2) is 0 Å². The molecule has 1 heterocycles. The second-order valence-electron chi connectivity index (χ2n) is 6.39. The summed E-state index contributed by atoms with van der Waals surface area (Å²) in [5, 5.41) is 2.76. The molecule has 0 aliphatic carbocycles. The number of carbonyl (C=O) groups excluding carboxylic acids is 2. The molecular weight excluding hydrogens is 371 g/mol. The molecule has 0 bridgehead atoms. The van der Waals surface area contributed by atoms with Gasteiger partial charge in [-0.2, -0.15) is 0 Å². The zero-order chi connectivity index (χ0) is 20.3. The summed E-state index contributed by atoms with van der Waals surface area (Å²) in [6.07, 6.45) is 0.837. The van der Waals surface area contributed by atoms with Crippen LogP contribution in [0.2, 0.25) is 0 Å². The summed E-state index contributed by atoms with van der Waals surface area (Å²) in [4.78, 5) is 25.4. The first-order chi connectivity index (χ1) is 13.3. The number of aryl methyl sites for hydroxylation is 1. The predicted octanol–water partition coefficient (Wildman–Crippen LogP) is 3.18. The van der Waals surface area contributed by atoms with Crippen molar-refractivity contribution in [2.75, 3.05) is 6.54 Å². The third-order valence-electron chi connectivity index (χ3n) is 4.36. The minimum absolute atomic E-state index is 0.112. The van der Waals surface area contributed by atoms with E-state index in [4.69, 9.17) is 5.73 Å². The minimum Gasteiger partial charge on any atom is -0.368 e. The van der Waals surface area contributed by atoms with Crippen molar-refractivity contribution in [3.05, 3.63) is 59.4 Å². The van der Waals surface area contributed by atoms with Gasteiger partial charge < -0.3 is 16.0 Å². The maximum atomic E-state index is 14.2. The van der Waals surface area contributed by atoms with E-state index in [0.29, 0.717) is 35.0 Å². The molecule has 0 saturated heterocycles. The molecule has 2 amide bonds. The van der Waals surface area contributed by atoms with E-state index in [1.165, 1.54) is 30.3 Å². The number of amides is 2. The van der Waals surface area contributed by atoms with Gasteiger partial charge in [0.2, 0.25) is 11.8 Å². The molecule has 0 unspecified atom stereocenters. The first-order valence-electron chi connectivity index (χ1n) is 8.65. The Morgan fingerprint density at radius 2 is 1.75 bits per heavy atom. The molecule has 3 rings (SSSR count). The number of fused-ring (bicyclic) bond motifs is 1. The maximum absolute atomic E-state index is 14.2. The van der Waals surface area contributed by atoms with E-state index in [-0.39, 0.29) is 24.4 Å². The zero-order valence-electron chi connectivity index (χ0n) is 14.8. The topological polar surface area (TPSA) is 88.0 Å². The molecule has 2 aromatic carbocycles. The number of aromatic amines is 1. The number of aromatic nitrogens is 1. The van der Waals surface area contributed by atoms with Crippen LogP contribution < -0.4 is 11.1 Å². The van der Waals surface area contributed by atoms with Crippen molar-refractivity contribution < 1.29 is 22.8 Å². The smallest absolute Gasteiger partial charge is 0.236 e. The van der Waals surface area contributed by atoms with Crippen LogP contribution in [0, 0.1) is 17.5 Å². The van der Waals surface area contributed by atoms with Crippen molar-refractivity contribution in [3.8, 4) is 11.3 Å². The van der Waals surface area contributed by atoms with Crippen molar-refractivity contribution in [2.24, 2.45) is 5.73 Å². The summed E-state index contributed by atoms with van der Waals surface area (Å²) >= 11 is 0. The van der Waals surface area contributed by atoms with Crippen LogP contribution >= 0.6 is 0 Å². The van der Waals surface area contributed by atoms with Crippen LogP contribution in [0.15, 0.2) is 36.4 Å². The number of carbonyl (C=O) groups is 2. The van der Waals surface area contributed by atoms with Gasteiger partial charge in [-0.05, 0) is 54.3 Å². The largest absolute Gasteiger partial charge is 0.368 e. The lowest BCUT2D eigenvalue weighted by molar-refractivity contribution is -0.124. The maximum Gasteiger partial charge on any atom is 0.236 e. The Bertz CT molecular complexity index is 1030. The highest BCUT2D eigenvalue weighted by Gasteiger charge is 2.17. The third-order valence-corrected chi connectivity index (χ3v) is 4.36. The van der Waals surface area contributed by atoms with Crippen LogP contribution in [0.3, 0.4) is 0 Å². The molecule has 0 fully saturated rings. The standard InChI is InChI=1S/C20H18F3N3O2/c21-12-6-4-11(5-7-12)19-14(2-1-3-18(28)25-10-17(24)27)15-8-13(22)9-16(23)20(15)26-19/h4-9,26H,1-3,10H2,(H2,24,27)(H,25,28). The van der Waals surface area contributed by atoms with E-state index >= 15 is 0 Å². The number of primary amides is 1. The number of nitrogens with one attached hydrogen (secondary N) is 2. The number of halogens is 3. The average Bonchev–Trinajstić information content (AvgIpc) is 2.99. The molecule has 0 spiro atoms. The van der Waals surface area contributed by atoms with Gasteiger partial charge in [0.05, 0.1) is 12.1 Å². The average molecular weight is 389 g/mol. The fourth-order valence-corrected chi connectivity index (χ4v) is 3.10. The Hall–Kier alpha value is -3.29. The van der Waals surface area contributed by atoms with E-state index in [1.807, 2.05) is 0 Å². The molecule has 8 heteroatoms. The summed E-state index contributed by atoms with van der Waals surface area (Å²) in [6.45, 7) is -0.247. The van der Waals surface area contributed by atoms with Gasteiger partial charge >= 0.3 is 0 Å². The summed E-state index contributed by atoms with van der Waals surface area (Å²) in [6, 6.07) is 7.64. The molecule has 0 aliphatic heterocycles. The van der Waals surface area contributed by atoms with E-state index in [1.54, 1.807) is 0 Å². The normalized spacial score (nSPS) is 11.0. The lowest BCUT2D eigenvalue weighted by Gasteiger charge is -2.06. The lowest BCUT2D eigenvalue weighted by atomic mass is 10.00. The van der Waals surface area contributed by atoms with Gasteiger partial charge in [0.1, 0.15) is 17.5 Å². The predicted molar refractivity (Wildman–Crippen MR) is 98.8 cm³/mol. The number of benzene rings is 2. The summed E-state index contributed by atoms with van der Waals surface area (Å²) in [5.74, 6) is -2.85. The number of nitrogens with two attached hydrogens (primary N) is 1. The SMILES string of the molecule is NC(=O)CNC(=O)CCCc1c(-c2ccc(F)cc2)[nH]c2c(F)cc(F)cc12. The minimum atomic E-state index is -0.733. The van der Waals surface area contributed by atoms with Crippen molar-refractivity contribution >= 4 is 22.7 Å². The zero-order valence-corrected chi connectivity index (χ0v) is 14.8. The van der Waals surface area contributed by atoms with Crippen LogP contribution in [0.4, 0.5) is 13.2 Å². The van der Waals surface area contributed by atoms with Crippen LogP contribution in [0.25, 0.3) is 22.2 Å². The molecule has 5 nitrogen and oxygen atoms in total. The number of hydrogen-bond acceptors (Lipinski definition) is 2. The molecule has 0 aliphatic rings. The monoisotopic (exact) mass is 389 g/mol. The molecule has 0 saturated carbocycles. The second kappa shape index (κ2) is 8.16. The first-order valence-corrected chi connectivity index (χ1v) is 8.65. The van der Waals surface area contributed by atoms with E-state index < -0.39 is 23.4 Å². The van der Waals surface area contributed by atoms with Gasteiger partial charge in [-0.3, -0.25) is 9.59 Å². The Morgan fingerprint density at radius 1 is 1.04 bits per heavy atom. The molecule has 4 N–H and O–H groups in total. The fourth-order valence-electron chi connectivity index (χ4n) is 3.10. The Labute approximate surface area is 158 Å². The lowest BCUT2D eigenvalue weighted by Crippen LogP contribution is -2.33.